The summed E-state index contributed by atoms with van der Waals surface area (Å²) in [6.45, 7) is 1.53. The lowest BCUT2D eigenvalue weighted by Crippen LogP contribution is -2.37. The van der Waals surface area contributed by atoms with Gasteiger partial charge in [-0.1, -0.05) is 6.07 Å². The Morgan fingerprint density at radius 2 is 2.05 bits per heavy atom. The molecule has 0 radical (unpaired) electrons. The summed E-state index contributed by atoms with van der Waals surface area (Å²) in [6.07, 6.45) is 1.36. The molecule has 3 N–H and O–H groups in total. The highest BCUT2D eigenvalue weighted by Crippen LogP contribution is 2.03. The Bertz CT molecular complexity index is 754. The highest BCUT2D eigenvalue weighted by Gasteiger charge is 2.17. The molecular weight excluding hydrogens is 266 g/mol. The average molecular weight is 278 g/mol. The van der Waals surface area contributed by atoms with Crippen molar-refractivity contribution < 1.29 is 14.4 Å². The van der Waals surface area contributed by atoms with E-state index in [1.807, 2.05) is 0 Å². The van der Waals surface area contributed by atoms with Gasteiger partial charge >= 0.3 is 12.8 Å². The summed E-state index contributed by atoms with van der Waals surface area (Å²) in [5.74, 6) is -0.609. The molecule has 0 unspecified atom stereocenters. The molecule has 0 saturated heterocycles. The van der Waals surface area contributed by atoms with Crippen LogP contribution in [-0.4, -0.2) is 26.7 Å². The number of hydrogen-bond donors (Lipinski definition) is 3. The van der Waals surface area contributed by atoms with Gasteiger partial charge < -0.3 is 10.0 Å². The first-order valence-corrected chi connectivity index (χ1v) is 5.83. The molecule has 8 heteroatoms. The van der Waals surface area contributed by atoms with Gasteiger partial charge in [0.2, 0.25) is 0 Å². The molecule has 0 bridgehead atoms. The summed E-state index contributed by atoms with van der Waals surface area (Å²) < 4.78 is 14.3. The van der Waals surface area contributed by atoms with E-state index in [1.165, 1.54) is 16.8 Å². The van der Waals surface area contributed by atoms with Gasteiger partial charge in [-0.2, -0.15) is 0 Å². The van der Waals surface area contributed by atoms with Crippen LogP contribution in [0.3, 0.4) is 0 Å². The van der Waals surface area contributed by atoms with Crippen molar-refractivity contribution >= 4 is 12.6 Å². The van der Waals surface area contributed by atoms with Crippen LogP contribution >= 0.6 is 0 Å². The van der Waals surface area contributed by atoms with Crippen molar-refractivity contribution in [3.63, 3.8) is 0 Å². The largest absolute Gasteiger partial charge is 0.488 e. The summed E-state index contributed by atoms with van der Waals surface area (Å²) in [4.78, 5) is 25.1. The Balaban J connectivity index is 2.48. The maximum atomic E-state index is 13.1. The average Bonchev–Trinajstić information content (AvgIpc) is 2.37. The molecule has 0 amide bonds. The molecule has 0 fully saturated rings. The molecule has 1 aromatic carbocycles. The third-order valence-electron chi connectivity index (χ3n) is 2.92. The molecule has 0 aliphatic carbocycles. The summed E-state index contributed by atoms with van der Waals surface area (Å²) in [5, 5.41) is 18.4. The second-order valence-corrected chi connectivity index (χ2v) is 4.42. The van der Waals surface area contributed by atoms with Crippen molar-refractivity contribution in [3.8, 4) is 0 Å². The number of rotatable bonds is 3. The second-order valence-electron chi connectivity index (χ2n) is 4.42. The zero-order chi connectivity index (χ0) is 14.9. The predicted octanol–water partition coefficient (Wildman–Crippen LogP) is -1.29. The lowest BCUT2D eigenvalue weighted by Gasteiger charge is -2.11. The Hall–Kier alpha value is -2.19. The maximum Gasteiger partial charge on any atom is 0.488 e. The van der Waals surface area contributed by atoms with E-state index in [2.05, 4.69) is 4.98 Å². The summed E-state index contributed by atoms with van der Waals surface area (Å²) in [7, 11) is -1.85. The highest BCUT2D eigenvalue weighted by atomic mass is 19.1. The first-order chi connectivity index (χ1) is 9.38. The normalized spacial score (nSPS) is 10.6. The smallest absolute Gasteiger partial charge is 0.423 e. The molecule has 20 heavy (non-hydrogen) atoms. The van der Waals surface area contributed by atoms with Crippen LogP contribution in [0, 0.1) is 12.7 Å². The summed E-state index contributed by atoms with van der Waals surface area (Å²) in [5.41, 5.74) is -0.412. The minimum absolute atomic E-state index is 0.0102. The van der Waals surface area contributed by atoms with Crippen LogP contribution in [0.25, 0.3) is 0 Å². The Kier molecular flexibility index (Phi) is 3.87. The van der Waals surface area contributed by atoms with Crippen LogP contribution in [0.5, 0.6) is 0 Å². The molecule has 6 nitrogen and oxygen atoms in total. The molecule has 0 saturated carbocycles. The quantitative estimate of drug-likeness (QED) is 0.609. The van der Waals surface area contributed by atoms with Crippen molar-refractivity contribution in [1.29, 1.82) is 0 Å². The third kappa shape index (κ3) is 2.86. The molecule has 2 aromatic rings. The SMILES string of the molecule is Cc1cn(Cc2ccc(F)cc2B(O)O)c(=O)[nH]c1=O. The van der Waals surface area contributed by atoms with Gasteiger partial charge in [-0.15, -0.1) is 0 Å². The van der Waals surface area contributed by atoms with Gasteiger partial charge in [0.25, 0.3) is 5.56 Å². The van der Waals surface area contributed by atoms with Crippen molar-refractivity contribution in [2.24, 2.45) is 0 Å². The van der Waals surface area contributed by atoms with Gasteiger partial charge in [0.15, 0.2) is 0 Å². The number of nitrogens with one attached hydrogen (secondary N) is 1. The Morgan fingerprint density at radius 3 is 2.70 bits per heavy atom. The van der Waals surface area contributed by atoms with Crippen molar-refractivity contribution in [3.05, 3.63) is 62.2 Å². The fourth-order valence-electron chi connectivity index (χ4n) is 1.87. The molecular formula is C12H12BFN2O4. The number of halogens is 1. The van der Waals surface area contributed by atoms with E-state index in [0.29, 0.717) is 11.1 Å². The zero-order valence-corrected chi connectivity index (χ0v) is 10.6. The highest BCUT2D eigenvalue weighted by molar-refractivity contribution is 6.59. The van der Waals surface area contributed by atoms with Crippen molar-refractivity contribution in [2.45, 2.75) is 13.5 Å². The van der Waals surface area contributed by atoms with Gasteiger partial charge in [0.05, 0.1) is 6.54 Å². The number of aromatic nitrogens is 2. The van der Waals surface area contributed by atoms with Crippen LogP contribution < -0.4 is 16.7 Å². The number of nitrogens with zero attached hydrogens (tertiary/aromatic N) is 1. The topological polar surface area (TPSA) is 95.3 Å². The van der Waals surface area contributed by atoms with E-state index in [4.69, 9.17) is 0 Å². The molecule has 1 aromatic heterocycles. The van der Waals surface area contributed by atoms with E-state index in [0.717, 1.165) is 12.1 Å². The van der Waals surface area contributed by atoms with Crippen molar-refractivity contribution in [1.82, 2.24) is 9.55 Å². The van der Waals surface area contributed by atoms with Gasteiger partial charge in [-0.25, -0.2) is 9.18 Å². The minimum Gasteiger partial charge on any atom is -0.423 e. The maximum absolute atomic E-state index is 13.1. The third-order valence-corrected chi connectivity index (χ3v) is 2.92. The Labute approximate surface area is 113 Å². The minimum atomic E-state index is -1.85. The lowest BCUT2D eigenvalue weighted by molar-refractivity contribution is 0.424. The van der Waals surface area contributed by atoms with Crippen LogP contribution in [0.4, 0.5) is 4.39 Å². The van der Waals surface area contributed by atoms with Gasteiger partial charge in [-0.05, 0) is 30.1 Å². The standard InChI is InChI=1S/C12H12BFN2O4/c1-7-5-16(12(18)15-11(7)17)6-8-2-3-9(14)4-10(8)13(19)20/h2-5,19-20H,6H2,1H3,(H,15,17,18). The molecule has 0 aliphatic heterocycles. The molecule has 0 spiro atoms. The van der Waals surface area contributed by atoms with E-state index in [1.54, 1.807) is 6.92 Å². The molecule has 2 rings (SSSR count). The fraction of sp³-hybridized carbons (Fsp3) is 0.167. The second kappa shape index (κ2) is 5.44. The molecule has 1 heterocycles. The molecule has 0 aliphatic rings. The summed E-state index contributed by atoms with van der Waals surface area (Å²) >= 11 is 0. The first-order valence-electron chi connectivity index (χ1n) is 5.83. The van der Waals surface area contributed by atoms with Crippen LogP contribution in [0.1, 0.15) is 11.1 Å². The van der Waals surface area contributed by atoms with Crippen LogP contribution in [0.2, 0.25) is 0 Å². The van der Waals surface area contributed by atoms with Crippen LogP contribution in [-0.2, 0) is 6.54 Å². The first kappa shape index (κ1) is 14.2. The number of aryl methyl sites for hydroxylation is 1. The lowest BCUT2D eigenvalue weighted by atomic mass is 9.77. The van der Waals surface area contributed by atoms with Gasteiger partial charge in [-0.3, -0.25) is 14.3 Å². The zero-order valence-electron chi connectivity index (χ0n) is 10.6. The number of H-pyrrole nitrogens is 1. The van der Waals surface area contributed by atoms with Crippen LogP contribution in [0.15, 0.2) is 34.0 Å². The van der Waals surface area contributed by atoms with Crippen molar-refractivity contribution in [2.75, 3.05) is 0 Å². The van der Waals surface area contributed by atoms with E-state index in [-0.39, 0.29) is 12.0 Å². The number of aromatic amines is 1. The Morgan fingerprint density at radius 1 is 1.35 bits per heavy atom. The molecule has 0 atom stereocenters. The van der Waals surface area contributed by atoms with Gasteiger partial charge in [0.1, 0.15) is 5.82 Å². The van der Waals surface area contributed by atoms with E-state index >= 15 is 0 Å². The fourth-order valence-corrected chi connectivity index (χ4v) is 1.87. The number of benzene rings is 1. The van der Waals surface area contributed by atoms with E-state index < -0.39 is 24.2 Å². The number of hydrogen-bond acceptors (Lipinski definition) is 4. The van der Waals surface area contributed by atoms with E-state index in [9.17, 15) is 24.0 Å². The van der Waals surface area contributed by atoms with Gasteiger partial charge in [0, 0.05) is 11.8 Å². The molecule has 104 valence electrons. The monoisotopic (exact) mass is 278 g/mol. The summed E-state index contributed by atoms with van der Waals surface area (Å²) in [6, 6.07) is 3.51. The predicted molar refractivity (Wildman–Crippen MR) is 71.4 cm³/mol.